The van der Waals surface area contributed by atoms with Crippen LogP contribution in [0, 0.1) is 0 Å². The summed E-state index contributed by atoms with van der Waals surface area (Å²) in [4.78, 5) is 9.24. The SMILES string of the molecule is CC(CN1CCN(C)CC1)Nc1noc(-c2ccccc2)n1. The molecule has 2 aromatic rings. The maximum Gasteiger partial charge on any atom is 0.264 e. The van der Waals surface area contributed by atoms with Crippen molar-refractivity contribution in [1.29, 1.82) is 0 Å². The van der Waals surface area contributed by atoms with E-state index in [1.54, 1.807) is 0 Å². The lowest BCUT2D eigenvalue weighted by Crippen LogP contribution is -2.47. The van der Waals surface area contributed by atoms with Gasteiger partial charge >= 0.3 is 0 Å². The summed E-state index contributed by atoms with van der Waals surface area (Å²) in [6, 6.07) is 10.1. The quantitative estimate of drug-likeness (QED) is 0.908. The van der Waals surface area contributed by atoms with Crippen molar-refractivity contribution in [1.82, 2.24) is 19.9 Å². The second-order valence-electron chi connectivity index (χ2n) is 5.94. The van der Waals surface area contributed by atoms with Crippen molar-refractivity contribution in [2.75, 3.05) is 45.1 Å². The average Bonchev–Trinajstić information content (AvgIpc) is 2.99. The number of nitrogens with zero attached hydrogens (tertiary/aromatic N) is 4. The normalized spacial score (nSPS) is 18.3. The smallest absolute Gasteiger partial charge is 0.264 e. The summed E-state index contributed by atoms with van der Waals surface area (Å²) in [6.07, 6.45) is 0. The highest BCUT2D eigenvalue weighted by Crippen LogP contribution is 2.18. The molecule has 1 aromatic heterocycles. The standard InChI is InChI=1S/C16H23N5O/c1-13(12-21-10-8-20(2)9-11-21)17-16-18-15(22-19-16)14-6-4-3-5-7-14/h3-7,13H,8-12H2,1-2H3,(H,17,19). The Hall–Kier alpha value is -1.92. The summed E-state index contributed by atoms with van der Waals surface area (Å²) in [5.74, 6) is 1.11. The molecule has 6 heteroatoms. The van der Waals surface area contributed by atoms with Crippen LogP contribution in [0.15, 0.2) is 34.9 Å². The highest BCUT2D eigenvalue weighted by atomic mass is 16.5. The predicted molar refractivity (Wildman–Crippen MR) is 86.8 cm³/mol. The Kier molecular flexibility index (Phi) is 4.70. The first-order chi connectivity index (χ1) is 10.7. The largest absolute Gasteiger partial charge is 0.348 e. The van der Waals surface area contributed by atoms with E-state index in [9.17, 15) is 0 Å². The lowest BCUT2D eigenvalue weighted by atomic mass is 10.2. The summed E-state index contributed by atoms with van der Waals surface area (Å²) in [7, 11) is 2.17. The van der Waals surface area contributed by atoms with E-state index in [1.165, 1.54) is 0 Å². The van der Waals surface area contributed by atoms with Crippen molar-refractivity contribution in [2.45, 2.75) is 13.0 Å². The number of rotatable bonds is 5. The number of piperazine rings is 1. The van der Waals surface area contributed by atoms with E-state index in [-0.39, 0.29) is 6.04 Å². The minimum absolute atomic E-state index is 0.282. The van der Waals surface area contributed by atoms with Crippen molar-refractivity contribution < 1.29 is 4.52 Å². The van der Waals surface area contributed by atoms with Crippen LogP contribution in [-0.4, -0.2) is 65.8 Å². The molecule has 0 saturated carbocycles. The second-order valence-corrected chi connectivity index (χ2v) is 5.94. The maximum atomic E-state index is 5.31. The summed E-state index contributed by atoms with van der Waals surface area (Å²) >= 11 is 0. The number of anilines is 1. The Morgan fingerprint density at radius 1 is 1.18 bits per heavy atom. The van der Waals surface area contributed by atoms with Crippen LogP contribution < -0.4 is 5.32 Å². The van der Waals surface area contributed by atoms with Gasteiger partial charge in [-0.15, -0.1) is 0 Å². The highest BCUT2D eigenvalue weighted by Gasteiger charge is 2.17. The third-order valence-electron chi connectivity index (χ3n) is 3.95. The lowest BCUT2D eigenvalue weighted by molar-refractivity contribution is 0.151. The molecule has 1 saturated heterocycles. The first-order valence-corrected chi connectivity index (χ1v) is 7.77. The first-order valence-electron chi connectivity index (χ1n) is 7.77. The highest BCUT2D eigenvalue weighted by molar-refractivity contribution is 5.53. The number of aromatic nitrogens is 2. The molecule has 2 heterocycles. The third kappa shape index (κ3) is 3.84. The molecule has 22 heavy (non-hydrogen) atoms. The fourth-order valence-electron chi connectivity index (χ4n) is 2.66. The minimum Gasteiger partial charge on any atom is -0.348 e. The number of likely N-dealkylation sites (N-methyl/N-ethyl adjacent to an activating group) is 1. The van der Waals surface area contributed by atoms with Gasteiger partial charge < -0.3 is 14.7 Å². The molecule has 6 nitrogen and oxygen atoms in total. The molecule has 1 aliphatic heterocycles. The molecule has 1 fully saturated rings. The molecule has 1 aliphatic rings. The van der Waals surface area contributed by atoms with Crippen LogP contribution in [0.3, 0.4) is 0 Å². The fraction of sp³-hybridized carbons (Fsp3) is 0.500. The molecular weight excluding hydrogens is 278 g/mol. The molecular formula is C16H23N5O. The van der Waals surface area contributed by atoms with E-state index >= 15 is 0 Å². The van der Waals surface area contributed by atoms with E-state index in [4.69, 9.17) is 4.52 Å². The van der Waals surface area contributed by atoms with Gasteiger partial charge in [0.2, 0.25) is 0 Å². The molecule has 0 radical (unpaired) electrons. The maximum absolute atomic E-state index is 5.31. The van der Waals surface area contributed by atoms with Crippen molar-refractivity contribution in [3.8, 4) is 11.5 Å². The number of benzene rings is 1. The molecule has 1 unspecified atom stereocenters. The van der Waals surface area contributed by atoms with Crippen LogP contribution in [0.2, 0.25) is 0 Å². The molecule has 0 aliphatic carbocycles. The van der Waals surface area contributed by atoms with Crippen molar-refractivity contribution >= 4 is 5.95 Å². The molecule has 0 bridgehead atoms. The van der Waals surface area contributed by atoms with Gasteiger partial charge in [-0.1, -0.05) is 18.2 Å². The van der Waals surface area contributed by atoms with Gasteiger partial charge in [0.05, 0.1) is 0 Å². The van der Waals surface area contributed by atoms with Crippen LogP contribution in [0.25, 0.3) is 11.5 Å². The third-order valence-corrected chi connectivity index (χ3v) is 3.95. The van der Waals surface area contributed by atoms with Crippen LogP contribution in [0.4, 0.5) is 5.95 Å². The van der Waals surface area contributed by atoms with E-state index in [1.807, 2.05) is 30.3 Å². The molecule has 3 rings (SSSR count). The van der Waals surface area contributed by atoms with Gasteiger partial charge in [-0.2, -0.15) is 4.98 Å². The number of hydrogen-bond donors (Lipinski definition) is 1. The zero-order valence-corrected chi connectivity index (χ0v) is 13.2. The van der Waals surface area contributed by atoms with Crippen LogP contribution >= 0.6 is 0 Å². The van der Waals surface area contributed by atoms with Gasteiger partial charge in [-0.05, 0) is 31.3 Å². The van der Waals surface area contributed by atoms with Crippen molar-refractivity contribution in [2.24, 2.45) is 0 Å². The van der Waals surface area contributed by atoms with Crippen LogP contribution in [-0.2, 0) is 0 Å². The fourth-order valence-corrected chi connectivity index (χ4v) is 2.66. The predicted octanol–water partition coefficient (Wildman–Crippen LogP) is 1.78. The lowest BCUT2D eigenvalue weighted by Gasteiger charge is -2.33. The minimum atomic E-state index is 0.282. The average molecular weight is 301 g/mol. The molecule has 0 amide bonds. The van der Waals surface area contributed by atoms with Gasteiger partial charge in [-0.25, -0.2) is 0 Å². The van der Waals surface area contributed by atoms with Gasteiger partial charge in [0.1, 0.15) is 0 Å². The second kappa shape index (κ2) is 6.89. The number of hydrogen-bond acceptors (Lipinski definition) is 6. The Morgan fingerprint density at radius 3 is 2.64 bits per heavy atom. The Morgan fingerprint density at radius 2 is 1.91 bits per heavy atom. The Balaban J connectivity index is 1.54. The number of nitrogens with one attached hydrogen (secondary N) is 1. The topological polar surface area (TPSA) is 57.4 Å². The molecule has 118 valence electrons. The van der Waals surface area contributed by atoms with Gasteiger partial charge in [0.25, 0.3) is 11.8 Å². The summed E-state index contributed by atoms with van der Waals surface area (Å²) < 4.78 is 5.31. The van der Waals surface area contributed by atoms with Gasteiger partial charge in [0.15, 0.2) is 0 Å². The molecule has 1 atom stereocenters. The molecule has 1 N–H and O–H groups in total. The summed E-state index contributed by atoms with van der Waals surface area (Å²) in [6.45, 7) is 7.63. The Bertz CT molecular complexity index is 577. The van der Waals surface area contributed by atoms with E-state index in [0.29, 0.717) is 11.8 Å². The first kappa shape index (κ1) is 15.0. The van der Waals surface area contributed by atoms with Crippen molar-refractivity contribution in [3.05, 3.63) is 30.3 Å². The molecule has 0 spiro atoms. The van der Waals surface area contributed by atoms with E-state index in [2.05, 4.69) is 39.2 Å². The Labute approximate surface area is 131 Å². The van der Waals surface area contributed by atoms with Gasteiger partial charge in [0, 0.05) is 44.3 Å². The zero-order valence-electron chi connectivity index (χ0n) is 13.2. The zero-order chi connectivity index (χ0) is 15.4. The van der Waals surface area contributed by atoms with Crippen molar-refractivity contribution in [3.63, 3.8) is 0 Å². The summed E-state index contributed by atoms with van der Waals surface area (Å²) in [5, 5.41) is 7.33. The van der Waals surface area contributed by atoms with Crippen LogP contribution in [0.1, 0.15) is 6.92 Å². The summed E-state index contributed by atoms with van der Waals surface area (Å²) in [5.41, 5.74) is 0.940. The monoisotopic (exact) mass is 301 g/mol. The van der Waals surface area contributed by atoms with E-state index < -0.39 is 0 Å². The van der Waals surface area contributed by atoms with Crippen LogP contribution in [0.5, 0.6) is 0 Å². The van der Waals surface area contributed by atoms with Gasteiger partial charge in [-0.3, -0.25) is 4.90 Å². The van der Waals surface area contributed by atoms with E-state index in [0.717, 1.165) is 38.3 Å². The molecule has 1 aromatic carbocycles.